The molecule has 0 aromatic carbocycles. The van der Waals surface area contributed by atoms with E-state index in [1.165, 1.54) is 6.08 Å². The average molecular weight is 310 g/mol. The molecule has 0 spiro atoms. The summed E-state index contributed by atoms with van der Waals surface area (Å²) in [6.07, 6.45) is 7.48. The van der Waals surface area contributed by atoms with E-state index in [4.69, 9.17) is 6.42 Å². The Hall–Kier alpha value is -2.25. The third-order valence-corrected chi connectivity index (χ3v) is 4.20. The lowest BCUT2D eigenvalue weighted by molar-refractivity contribution is 0.177. The zero-order valence-corrected chi connectivity index (χ0v) is 12.3. The number of carbonyl (C=O) groups is 1. The third kappa shape index (κ3) is 3.09. The highest BCUT2D eigenvalue weighted by Crippen LogP contribution is 2.22. The predicted molar refractivity (Wildman–Crippen MR) is 75.2 cm³/mol. The maximum atomic E-state index is 12.0. The van der Waals surface area contributed by atoms with Gasteiger partial charge in [-0.1, -0.05) is 11.1 Å². The molecule has 2 aliphatic rings. The van der Waals surface area contributed by atoms with Crippen molar-refractivity contribution >= 4 is 22.4 Å². The molecule has 0 aromatic heterocycles. The van der Waals surface area contributed by atoms with Crippen molar-refractivity contribution in [1.29, 1.82) is 0 Å². The number of aliphatic imine (C=N–C) groups is 1. The van der Waals surface area contributed by atoms with Gasteiger partial charge >= 0.3 is 6.03 Å². The molecule has 0 bridgehead atoms. The van der Waals surface area contributed by atoms with Gasteiger partial charge in [0.05, 0.1) is 0 Å². The van der Waals surface area contributed by atoms with E-state index in [0.29, 0.717) is 0 Å². The highest BCUT2D eigenvalue weighted by atomic mass is 32.2. The van der Waals surface area contributed by atoms with E-state index in [-0.39, 0.29) is 18.4 Å². The number of nitrogens with zero attached hydrogens (tertiary/aromatic N) is 5. The van der Waals surface area contributed by atoms with Crippen LogP contribution in [0.4, 0.5) is 4.79 Å². The van der Waals surface area contributed by atoms with Gasteiger partial charge in [0.25, 0.3) is 0 Å². The smallest absolute Gasteiger partial charge is 0.249 e. The van der Waals surface area contributed by atoms with Crippen molar-refractivity contribution in [3.63, 3.8) is 0 Å². The second-order valence-electron chi connectivity index (χ2n) is 4.60. The number of nitrogens with one attached hydrogen (secondary N) is 1. The van der Waals surface area contributed by atoms with Crippen LogP contribution < -0.4 is 4.72 Å². The first-order valence-corrected chi connectivity index (χ1v) is 7.62. The summed E-state index contributed by atoms with van der Waals surface area (Å²) < 4.78 is 26.5. The molecular formula is C11H14N6O3S. The number of hydrogen-bond donors (Lipinski definition) is 1. The number of fused-ring (bicyclic) bond motifs is 1. The summed E-state index contributed by atoms with van der Waals surface area (Å²) in [4.78, 5) is 16.9. The molecule has 2 rings (SSSR count). The number of urea groups is 1. The van der Waals surface area contributed by atoms with Gasteiger partial charge in [0.15, 0.2) is 11.2 Å². The monoisotopic (exact) mass is 310 g/mol. The summed E-state index contributed by atoms with van der Waals surface area (Å²) in [5, 5.41) is 7.25. The molecule has 1 unspecified atom stereocenters. The summed E-state index contributed by atoms with van der Waals surface area (Å²) in [5.41, 5.74) is 0. The first-order chi connectivity index (χ1) is 9.85. The van der Waals surface area contributed by atoms with Crippen molar-refractivity contribution in [2.24, 2.45) is 15.3 Å². The van der Waals surface area contributed by atoms with Gasteiger partial charge in [0.2, 0.25) is 10.0 Å². The molecule has 0 saturated carbocycles. The second kappa shape index (κ2) is 5.63. The van der Waals surface area contributed by atoms with Crippen LogP contribution in [0, 0.1) is 12.3 Å². The zero-order chi connectivity index (χ0) is 15.6. The Kier molecular flexibility index (Phi) is 4.06. The van der Waals surface area contributed by atoms with Gasteiger partial charge in [-0.2, -0.15) is 5.01 Å². The van der Waals surface area contributed by atoms with E-state index >= 15 is 0 Å². The fourth-order valence-corrected chi connectivity index (χ4v) is 3.00. The number of sulfonamides is 1. The van der Waals surface area contributed by atoms with E-state index < -0.39 is 21.4 Å². The molecule has 2 aliphatic heterocycles. The second-order valence-corrected chi connectivity index (χ2v) is 6.41. The largest absolute Gasteiger partial charge is 0.353 e. The van der Waals surface area contributed by atoms with E-state index in [1.807, 2.05) is 0 Å². The number of carbonyl (C=O) groups excluding carboxylic acids is 1. The van der Waals surface area contributed by atoms with Crippen LogP contribution in [0.1, 0.15) is 13.8 Å². The average Bonchev–Trinajstić information content (AvgIpc) is 2.40. The van der Waals surface area contributed by atoms with E-state index in [0.717, 1.165) is 16.2 Å². The van der Waals surface area contributed by atoms with E-state index in [2.05, 4.69) is 26.0 Å². The molecule has 0 aliphatic carbocycles. The fourth-order valence-electron chi connectivity index (χ4n) is 1.69. The molecule has 0 fully saturated rings. The first-order valence-electron chi connectivity index (χ1n) is 6.07. The minimum atomic E-state index is -3.68. The fraction of sp³-hybridized carbons (Fsp3) is 0.455. The number of amides is 2. The summed E-state index contributed by atoms with van der Waals surface area (Å²) in [6, 6.07) is -0.798. The van der Waals surface area contributed by atoms with Crippen molar-refractivity contribution in [2.45, 2.75) is 25.3 Å². The van der Waals surface area contributed by atoms with Crippen molar-refractivity contribution in [3.8, 4) is 12.3 Å². The Balaban J connectivity index is 2.26. The standard InChI is InChI=1S/C11H14N6O3S/c1-4-5-17-11(18)16-7-12-10(6-9(16)13-15-17)21(19,20)14-8(2)3/h1,6-8,10,14H,5H2,2-3H3. The lowest BCUT2D eigenvalue weighted by atomic mass is 10.4. The normalized spacial score (nSPS) is 21.3. The molecule has 9 nitrogen and oxygen atoms in total. The molecule has 0 radical (unpaired) electrons. The Labute approximate surface area is 122 Å². The van der Waals surface area contributed by atoms with Gasteiger partial charge in [-0.25, -0.2) is 27.8 Å². The van der Waals surface area contributed by atoms with Gasteiger partial charge < -0.3 is 0 Å². The van der Waals surface area contributed by atoms with Gasteiger partial charge in [0.1, 0.15) is 12.9 Å². The van der Waals surface area contributed by atoms with Gasteiger partial charge in [0, 0.05) is 12.1 Å². The number of rotatable bonds is 4. The molecule has 21 heavy (non-hydrogen) atoms. The minimum absolute atomic E-state index is 0.0312. The number of terminal acetylenes is 1. The van der Waals surface area contributed by atoms with Crippen LogP contribution in [0.3, 0.4) is 0 Å². The maximum absolute atomic E-state index is 12.0. The zero-order valence-electron chi connectivity index (χ0n) is 11.5. The van der Waals surface area contributed by atoms with Crippen LogP contribution >= 0.6 is 0 Å². The van der Waals surface area contributed by atoms with Crippen LogP contribution in [-0.2, 0) is 10.0 Å². The van der Waals surface area contributed by atoms with Crippen LogP contribution in [0.5, 0.6) is 0 Å². The summed E-state index contributed by atoms with van der Waals surface area (Å²) in [5.74, 6) is 2.37. The van der Waals surface area contributed by atoms with Gasteiger partial charge in [-0.05, 0) is 13.8 Å². The van der Waals surface area contributed by atoms with Crippen molar-refractivity contribution < 1.29 is 13.2 Å². The number of hydrogen-bond acceptors (Lipinski definition) is 6. The third-order valence-electron chi connectivity index (χ3n) is 2.51. The van der Waals surface area contributed by atoms with Gasteiger partial charge in [-0.3, -0.25) is 0 Å². The first kappa shape index (κ1) is 15.1. The molecule has 1 N–H and O–H groups in total. The van der Waals surface area contributed by atoms with Gasteiger partial charge in [-0.15, -0.1) is 11.5 Å². The van der Waals surface area contributed by atoms with E-state index in [9.17, 15) is 13.2 Å². The Morgan fingerprint density at radius 1 is 1.52 bits per heavy atom. The summed E-state index contributed by atoms with van der Waals surface area (Å²) in [7, 11) is -3.68. The molecule has 1 atom stereocenters. The van der Waals surface area contributed by atoms with Crippen LogP contribution in [-0.4, -0.2) is 48.7 Å². The summed E-state index contributed by atoms with van der Waals surface area (Å²) in [6.45, 7) is 3.37. The molecule has 112 valence electrons. The summed E-state index contributed by atoms with van der Waals surface area (Å²) >= 11 is 0. The molecule has 2 heterocycles. The topological polar surface area (TPSA) is 107 Å². The van der Waals surface area contributed by atoms with Crippen molar-refractivity contribution in [3.05, 3.63) is 11.9 Å². The molecule has 10 heteroatoms. The molecular weight excluding hydrogens is 296 g/mol. The molecule has 0 saturated heterocycles. The van der Waals surface area contributed by atoms with Crippen LogP contribution in [0.25, 0.3) is 0 Å². The van der Waals surface area contributed by atoms with Crippen molar-refractivity contribution in [1.82, 2.24) is 14.6 Å². The Bertz CT molecular complexity index is 673. The highest BCUT2D eigenvalue weighted by Gasteiger charge is 2.34. The van der Waals surface area contributed by atoms with Crippen LogP contribution in [0.15, 0.2) is 27.2 Å². The Morgan fingerprint density at radius 3 is 2.86 bits per heavy atom. The van der Waals surface area contributed by atoms with Crippen molar-refractivity contribution in [2.75, 3.05) is 6.54 Å². The quantitative estimate of drug-likeness (QED) is 0.753. The molecule has 0 aromatic rings. The van der Waals surface area contributed by atoms with E-state index in [1.54, 1.807) is 13.8 Å². The lowest BCUT2D eigenvalue weighted by Crippen LogP contribution is -2.45. The minimum Gasteiger partial charge on any atom is -0.249 e. The maximum Gasteiger partial charge on any atom is 0.353 e. The van der Waals surface area contributed by atoms with Crippen LogP contribution in [0.2, 0.25) is 0 Å². The Morgan fingerprint density at radius 2 is 2.24 bits per heavy atom. The lowest BCUT2D eigenvalue weighted by Gasteiger charge is -2.29. The highest BCUT2D eigenvalue weighted by molar-refractivity contribution is 7.90. The molecule has 2 amide bonds. The SMILES string of the molecule is C#CCN1N=NC2=CC(S(=O)(=O)NC(C)C)N=CN2C1=O. The predicted octanol–water partition coefficient (Wildman–Crippen LogP) is 0.262.